The molecule has 2 fully saturated rings. The normalized spacial score (nSPS) is 22.3. The van der Waals surface area contributed by atoms with E-state index in [1.165, 1.54) is 17.7 Å². The van der Waals surface area contributed by atoms with E-state index in [9.17, 15) is 9.59 Å². The Hall–Kier alpha value is -1.59. The Kier molecular flexibility index (Phi) is 4.85. The van der Waals surface area contributed by atoms with Gasteiger partial charge in [0.2, 0.25) is 0 Å². The van der Waals surface area contributed by atoms with E-state index in [-0.39, 0.29) is 24.3 Å². The van der Waals surface area contributed by atoms with E-state index in [1.54, 1.807) is 0 Å². The Labute approximate surface area is 130 Å². The highest BCUT2D eigenvalue weighted by Crippen LogP contribution is 2.21. The van der Waals surface area contributed by atoms with Gasteiger partial charge in [-0.05, 0) is 45.0 Å². The lowest BCUT2D eigenvalue weighted by Gasteiger charge is -2.18. The van der Waals surface area contributed by atoms with E-state index in [1.807, 2.05) is 31.2 Å². The minimum atomic E-state index is -0.415. The van der Waals surface area contributed by atoms with Gasteiger partial charge in [-0.15, -0.1) is 12.4 Å². The average molecular weight is 310 g/mol. The van der Waals surface area contributed by atoms with Crippen LogP contribution < -0.4 is 10.2 Å². The maximum atomic E-state index is 12.4. The average Bonchev–Trinajstić information content (AvgIpc) is 3.02. The number of likely N-dealkylation sites (tertiary alicyclic amines) is 1. The molecule has 1 atom stereocenters. The van der Waals surface area contributed by atoms with Crippen molar-refractivity contribution in [2.75, 3.05) is 24.5 Å². The lowest BCUT2D eigenvalue weighted by molar-refractivity contribution is -0.118. The predicted molar refractivity (Wildman–Crippen MR) is 83.9 cm³/mol. The van der Waals surface area contributed by atoms with Crippen LogP contribution in [0.2, 0.25) is 0 Å². The van der Waals surface area contributed by atoms with Crippen molar-refractivity contribution in [2.45, 2.75) is 25.8 Å². The van der Waals surface area contributed by atoms with Crippen molar-refractivity contribution in [3.8, 4) is 0 Å². The minimum Gasteiger partial charge on any atom is -0.324 e. The van der Waals surface area contributed by atoms with Crippen LogP contribution in [0, 0.1) is 6.92 Å². The topological polar surface area (TPSA) is 52.7 Å². The molecule has 0 aliphatic carbocycles. The van der Waals surface area contributed by atoms with E-state index < -0.39 is 6.04 Å². The molecule has 0 radical (unpaired) electrons. The lowest BCUT2D eigenvalue weighted by Crippen LogP contribution is -2.41. The first kappa shape index (κ1) is 15.8. The molecule has 1 N–H and O–H groups in total. The number of imide groups is 1. The summed E-state index contributed by atoms with van der Waals surface area (Å²) in [7, 11) is 0. The molecule has 0 spiro atoms. The van der Waals surface area contributed by atoms with Crippen LogP contribution in [0.5, 0.6) is 0 Å². The number of nitrogens with zero attached hydrogens (tertiary/aromatic N) is 2. The summed E-state index contributed by atoms with van der Waals surface area (Å²) >= 11 is 0. The number of urea groups is 1. The number of nitrogens with one attached hydrogen (secondary N) is 1. The van der Waals surface area contributed by atoms with Crippen LogP contribution in [0.3, 0.4) is 0 Å². The Bertz CT molecular complexity index is 526. The fourth-order valence-corrected chi connectivity index (χ4v) is 2.82. The third kappa shape index (κ3) is 3.19. The molecule has 3 amide bonds. The number of amides is 3. The van der Waals surface area contributed by atoms with E-state index in [2.05, 4.69) is 10.2 Å². The van der Waals surface area contributed by atoms with Crippen molar-refractivity contribution < 1.29 is 9.59 Å². The highest BCUT2D eigenvalue weighted by atomic mass is 35.5. The van der Waals surface area contributed by atoms with Gasteiger partial charge in [0.1, 0.15) is 6.04 Å². The number of carbonyl (C=O) groups is 2. The van der Waals surface area contributed by atoms with Gasteiger partial charge in [0, 0.05) is 6.54 Å². The molecule has 2 aliphatic rings. The van der Waals surface area contributed by atoms with Crippen LogP contribution in [0.25, 0.3) is 0 Å². The first-order valence-corrected chi connectivity index (χ1v) is 7.08. The molecule has 1 aromatic rings. The Morgan fingerprint density at radius 2 is 1.76 bits per heavy atom. The first-order chi connectivity index (χ1) is 9.65. The first-order valence-electron chi connectivity index (χ1n) is 7.08. The van der Waals surface area contributed by atoms with Gasteiger partial charge < -0.3 is 10.2 Å². The maximum absolute atomic E-state index is 12.4. The second-order valence-electron chi connectivity index (χ2n) is 5.52. The number of carbonyl (C=O) groups excluding carboxylic acids is 2. The number of hydrogen-bond acceptors (Lipinski definition) is 3. The van der Waals surface area contributed by atoms with Gasteiger partial charge >= 0.3 is 6.03 Å². The fraction of sp³-hybridized carbons (Fsp3) is 0.467. The van der Waals surface area contributed by atoms with Crippen molar-refractivity contribution in [3.05, 3.63) is 29.8 Å². The SMILES string of the molecule is Cc1ccc(N2C(=O)NC(CN3CCCC3)C2=O)cc1.Cl. The number of rotatable bonds is 3. The third-order valence-corrected chi connectivity index (χ3v) is 3.95. The largest absolute Gasteiger partial charge is 0.329 e. The van der Waals surface area contributed by atoms with Gasteiger partial charge in [0.15, 0.2) is 0 Å². The number of hydrogen-bond donors (Lipinski definition) is 1. The van der Waals surface area contributed by atoms with Crippen LogP contribution in [0.4, 0.5) is 10.5 Å². The summed E-state index contributed by atoms with van der Waals surface area (Å²) in [4.78, 5) is 27.9. The number of benzene rings is 1. The summed E-state index contributed by atoms with van der Waals surface area (Å²) in [5, 5.41) is 2.79. The molecule has 21 heavy (non-hydrogen) atoms. The fourth-order valence-electron chi connectivity index (χ4n) is 2.82. The molecule has 5 nitrogen and oxygen atoms in total. The minimum absolute atomic E-state index is 0. The summed E-state index contributed by atoms with van der Waals surface area (Å²) in [5.41, 5.74) is 1.75. The van der Waals surface area contributed by atoms with Crippen LogP contribution in [0.15, 0.2) is 24.3 Å². The molecule has 2 aliphatic heterocycles. The molecular formula is C15H20ClN3O2. The zero-order valence-corrected chi connectivity index (χ0v) is 12.9. The molecule has 1 aromatic carbocycles. The highest BCUT2D eigenvalue weighted by molar-refractivity contribution is 6.21. The van der Waals surface area contributed by atoms with E-state index in [0.717, 1.165) is 18.7 Å². The molecule has 3 rings (SSSR count). The Morgan fingerprint density at radius 3 is 2.38 bits per heavy atom. The second kappa shape index (κ2) is 6.45. The van der Waals surface area contributed by atoms with E-state index in [4.69, 9.17) is 0 Å². The van der Waals surface area contributed by atoms with Gasteiger partial charge in [-0.2, -0.15) is 0 Å². The van der Waals surface area contributed by atoms with Crippen molar-refractivity contribution >= 4 is 30.0 Å². The predicted octanol–water partition coefficient (Wildman–Crippen LogP) is 1.94. The number of anilines is 1. The summed E-state index contributed by atoms with van der Waals surface area (Å²) in [6.07, 6.45) is 2.35. The zero-order chi connectivity index (χ0) is 14.1. The molecule has 0 saturated carbocycles. The summed E-state index contributed by atoms with van der Waals surface area (Å²) in [5.74, 6) is -0.147. The van der Waals surface area contributed by atoms with Gasteiger partial charge in [0.05, 0.1) is 5.69 Å². The van der Waals surface area contributed by atoms with E-state index >= 15 is 0 Å². The van der Waals surface area contributed by atoms with Crippen molar-refractivity contribution in [1.82, 2.24) is 10.2 Å². The zero-order valence-electron chi connectivity index (χ0n) is 12.0. The Balaban J connectivity index is 0.00000161. The van der Waals surface area contributed by atoms with Gasteiger partial charge in [0.25, 0.3) is 5.91 Å². The van der Waals surface area contributed by atoms with Crippen molar-refractivity contribution in [3.63, 3.8) is 0 Å². The third-order valence-electron chi connectivity index (χ3n) is 3.95. The molecule has 2 saturated heterocycles. The lowest BCUT2D eigenvalue weighted by atomic mass is 10.2. The Morgan fingerprint density at radius 1 is 1.14 bits per heavy atom. The van der Waals surface area contributed by atoms with Crippen molar-refractivity contribution in [2.24, 2.45) is 0 Å². The summed E-state index contributed by atoms with van der Waals surface area (Å²) in [6.45, 7) is 4.63. The van der Waals surface area contributed by atoms with Crippen LogP contribution >= 0.6 is 12.4 Å². The summed E-state index contributed by atoms with van der Waals surface area (Å²) in [6, 6.07) is 6.70. The highest BCUT2D eigenvalue weighted by Gasteiger charge is 2.39. The number of halogens is 1. The van der Waals surface area contributed by atoms with Crippen LogP contribution in [0.1, 0.15) is 18.4 Å². The second-order valence-corrected chi connectivity index (χ2v) is 5.52. The molecule has 0 bridgehead atoms. The molecule has 6 heteroatoms. The van der Waals surface area contributed by atoms with Crippen LogP contribution in [-0.2, 0) is 4.79 Å². The molecule has 114 valence electrons. The maximum Gasteiger partial charge on any atom is 0.329 e. The summed E-state index contributed by atoms with van der Waals surface area (Å²) < 4.78 is 0. The van der Waals surface area contributed by atoms with Gasteiger partial charge in [-0.3, -0.25) is 4.79 Å². The van der Waals surface area contributed by atoms with Crippen molar-refractivity contribution in [1.29, 1.82) is 0 Å². The standard InChI is InChI=1S/C15H19N3O2.ClH/c1-11-4-6-12(7-5-11)18-14(19)13(16-15(18)20)10-17-8-2-3-9-17;/h4-7,13H,2-3,8-10H2,1H3,(H,16,20);1H. The molecule has 2 heterocycles. The van der Waals surface area contributed by atoms with Crippen LogP contribution in [-0.4, -0.2) is 42.5 Å². The van der Waals surface area contributed by atoms with E-state index in [0.29, 0.717) is 12.2 Å². The smallest absolute Gasteiger partial charge is 0.324 e. The monoisotopic (exact) mass is 309 g/mol. The molecule has 0 aromatic heterocycles. The quantitative estimate of drug-likeness (QED) is 0.868. The molecular weight excluding hydrogens is 290 g/mol. The molecule has 1 unspecified atom stereocenters. The number of aryl methyl sites for hydroxylation is 1. The van der Waals surface area contributed by atoms with Gasteiger partial charge in [-0.25, -0.2) is 9.69 Å². The van der Waals surface area contributed by atoms with Gasteiger partial charge in [-0.1, -0.05) is 17.7 Å².